The first kappa shape index (κ1) is 10.5. The molecule has 18 heavy (non-hydrogen) atoms. The highest BCUT2D eigenvalue weighted by molar-refractivity contribution is 5.70. The summed E-state index contributed by atoms with van der Waals surface area (Å²) in [7, 11) is 0. The van der Waals surface area contributed by atoms with Gasteiger partial charge >= 0.3 is 0 Å². The molecule has 7 nitrogen and oxygen atoms in total. The Bertz CT molecular complexity index is 788. The lowest BCUT2D eigenvalue weighted by atomic mass is 10.2. The minimum atomic E-state index is -0.205. The Morgan fingerprint density at radius 2 is 2.22 bits per heavy atom. The first-order chi connectivity index (χ1) is 8.65. The van der Waals surface area contributed by atoms with Gasteiger partial charge in [0, 0.05) is 23.5 Å². The van der Waals surface area contributed by atoms with Crippen LogP contribution in [0.3, 0.4) is 0 Å². The van der Waals surface area contributed by atoms with E-state index in [4.69, 9.17) is 5.73 Å². The Kier molecular flexibility index (Phi) is 2.12. The van der Waals surface area contributed by atoms with Crippen LogP contribution in [0.5, 0.6) is 0 Å². The molecule has 0 aliphatic carbocycles. The van der Waals surface area contributed by atoms with E-state index in [9.17, 15) is 4.79 Å². The number of H-pyrrole nitrogens is 1. The van der Waals surface area contributed by atoms with Crippen LogP contribution >= 0.6 is 0 Å². The summed E-state index contributed by atoms with van der Waals surface area (Å²) >= 11 is 0. The van der Waals surface area contributed by atoms with Crippen molar-refractivity contribution in [3.63, 3.8) is 0 Å². The van der Waals surface area contributed by atoms with Gasteiger partial charge in [-0.3, -0.25) is 14.9 Å². The number of aryl methyl sites for hydroxylation is 1. The molecule has 0 saturated carbocycles. The van der Waals surface area contributed by atoms with Crippen molar-refractivity contribution in [2.75, 3.05) is 5.73 Å². The lowest BCUT2D eigenvalue weighted by Gasteiger charge is -1.98. The molecule has 3 aromatic heterocycles. The summed E-state index contributed by atoms with van der Waals surface area (Å²) in [5, 5.41) is 2.87. The van der Waals surface area contributed by atoms with Crippen molar-refractivity contribution in [3.05, 3.63) is 40.6 Å². The number of nitrogen functional groups attached to an aromatic ring is 1. The minimum absolute atomic E-state index is 0.205. The van der Waals surface area contributed by atoms with Crippen LogP contribution in [0.1, 0.15) is 5.69 Å². The average molecular weight is 242 g/mol. The number of rotatable bonds is 1. The third kappa shape index (κ3) is 1.53. The van der Waals surface area contributed by atoms with Gasteiger partial charge in [-0.1, -0.05) is 0 Å². The van der Waals surface area contributed by atoms with Crippen LogP contribution in [-0.2, 0) is 0 Å². The molecule has 7 heteroatoms. The van der Waals surface area contributed by atoms with E-state index in [1.165, 1.54) is 16.8 Å². The number of nitrogens with one attached hydrogen (secondary N) is 1. The standard InChI is InChI=1S/C11H10N6O/c1-6-4-9(18)17-11(14-6)15-10(16-17)7-2-3-13-5-8(7)12/h2-5H,12H2,1H3,(H,14,15,16). The molecule has 0 aromatic carbocycles. The highest BCUT2D eigenvalue weighted by Crippen LogP contribution is 2.20. The molecule has 3 N–H and O–H groups in total. The number of nitrogens with zero attached hydrogens (tertiary/aromatic N) is 4. The number of aromatic nitrogens is 5. The molecule has 3 rings (SSSR count). The van der Waals surface area contributed by atoms with Gasteiger partial charge in [0.2, 0.25) is 0 Å². The summed E-state index contributed by atoms with van der Waals surface area (Å²) in [5.41, 5.74) is 7.41. The fourth-order valence-corrected chi connectivity index (χ4v) is 1.74. The van der Waals surface area contributed by atoms with E-state index in [1.54, 1.807) is 19.2 Å². The van der Waals surface area contributed by atoms with E-state index >= 15 is 0 Å². The Balaban J connectivity index is 2.30. The molecule has 0 saturated heterocycles. The van der Waals surface area contributed by atoms with Gasteiger partial charge in [0.05, 0.1) is 11.9 Å². The molecule has 0 fully saturated rings. The molecular weight excluding hydrogens is 232 g/mol. The van der Waals surface area contributed by atoms with Crippen LogP contribution in [0.15, 0.2) is 29.3 Å². The first-order valence-electron chi connectivity index (χ1n) is 5.31. The quantitative estimate of drug-likeness (QED) is 0.641. The van der Waals surface area contributed by atoms with Gasteiger partial charge in [-0.15, -0.1) is 0 Å². The lowest BCUT2D eigenvalue weighted by Crippen LogP contribution is -2.14. The fraction of sp³-hybridized carbons (Fsp3) is 0.0909. The molecule has 0 bridgehead atoms. The van der Waals surface area contributed by atoms with Crippen molar-refractivity contribution in [2.45, 2.75) is 6.92 Å². The highest BCUT2D eigenvalue weighted by Gasteiger charge is 2.10. The maximum Gasteiger partial charge on any atom is 0.274 e. The molecule has 3 aromatic rings. The number of nitrogens with two attached hydrogens (primary N) is 1. The second-order valence-electron chi connectivity index (χ2n) is 3.91. The van der Waals surface area contributed by atoms with E-state index in [-0.39, 0.29) is 5.56 Å². The van der Waals surface area contributed by atoms with Crippen molar-refractivity contribution in [3.8, 4) is 11.4 Å². The van der Waals surface area contributed by atoms with Gasteiger partial charge in [0.15, 0.2) is 5.82 Å². The third-order valence-electron chi connectivity index (χ3n) is 2.57. The van der Waals surface area contributed by atoms with Crippen molar-refractivity contribution in [2.24, 2.45) is 0 Å². The van der Waals surface area contributed by atoms with E-state index in [0.717, 1.165) is 0 Å². The van der Waals surface area contributed by atoms with Gasteiger partial charge in [0.1, 0.15) is 0 Å². The summed E-state index contributed by atoms with van der Waals surface area (Å²) in [6.45, 7) is 1.75. The lowest BCUT2D eigenvalue weighted by molar-refractivity contribution is 0.892. The molecule has 0 atom stereocenters. The maximum absolute atomic E-state index is 11.7. The summed E-state index contributed by atoms with van der Waals surface area (Å²) in [5.74, 6) is 0.816. The zero-order chi connectivity index (χ0) is 12.7. The monoisotopic (exact) mass is 242 g/mol. The minimum Gasteiger partial charge on any atom is -0.397 e. The van der Waals surface area contributed by atoms with Crippen molar-refractivity contribution in [1.82, 2.24) is 24.6 Å². The number of anilines is 1. The first-order valence-corrected chi connectivity index (χ1v) is 5.31. The number of pyridine rings is 1. The Morgan fingerprint density at radius 3 is 3.00 bits per heavy atom. The summed E-state index contributed by atoms with van der Waals surface area (Å²) in [6.07, 6.45) is 3.14. The van der Waals surface area contributed by atoms with Crippen LogP contribution in [0.25, 0.3) is 17.2 Å². The number of aromatic amines is 1. The summed E-state index contributed by atoms with van der Waals surface area (Å²) < 4.78 is 1.28. The predicted octanol–water partition coefficient (Wildman–Crippen LogP) is 0.370. The second kappa shape index (κ2) is 3.66. The Morgan fingerprint density at radius 1 is 1.39 bits per heavy atom. The maximum atomic E-state index is 11.7. The van der Waals surface area contributed by atoms with Gasteiger partial charge in [0.25, 0.3) is 11.3 Å². The van der Waals surface area contributed by atoms with E-state index in [0.29, 0.717) is 28.5 Å². The molecule has 0 aliphatic heterocycles. The molecule has 0 unspecified atom stereocenters. The van der Waals surface area contributed by atoms with Gasteiger partial charge in [-0.05, 0) is 13.0 Å². The number of hydrogen-bond acceptors (Lipinski definition) is 5. The normalized spacial score (nSPS) is 10.9. The highest BCUT2D eigenvalue weighted by atomic mass is 16.1. The van der Waals surface area contributed by atoms with Gasteiger partial charge in [-0.2, -0.15) is 9.50 Å². The molecule has 0 radical (unpaired) electrons. The summed E-state index contributed by atoms with van der Waals surface area (Å²) in [6, 6.07) is 3.16. The topological polar surface area (TPSA) is 102 Å². The Labute approximate surface area is 101 Å². The molecule has 90 valence electrons. The number of fused-ring (bicyclic) bond motifs is 1. The molecule has 0 aliphatic rings. The van der Waals surface area contributed by atoms with Crippen LogP contribution in [0.2, 0.25) is 0 Å². The van der Waals surface area contributed by atoms with E-state index in [1.807, 2.05) is 0 Å². The molecule has 3 heterocycles. The SMILES string of the molecule is Cc1cc(=O)n2[nH]c(-c3ccncc3N)nc2n1. The van der Waals surface area contributed by atoms with E-state index in [2.05, 4.69) is 20.1 Å². The zero-order valence-corrected chi connectivity index (χ0v) is 9.58. The second-order valence-corrected chi connectivity index (χ2v) is 3.91. The predicted molar refractivity (Wildman–Crippen MR) is 66.0 cm³/mol. The van der Waals surface area contributed by atoms with Crippen LogP contribution < -0.4 is 11.3 Å². The molecular formula is C11H10N6O. The van der Waals surface area contributed by atoms with Crippen molar-refractivity contribution < 1.29 is 0 Å². The summed E-state index contributed by atoms with van der Waals surface area (Å²) in [4.78, 5) is 24.1. The van der Waals surface area contributed by atoms with Gasteiger partial charge in [-0.25, -0.2) is 4.98 Å². The fourth-order valence-electron chi connectivity index (χ4n) is 1.74. The van der Waals surface area contributed by atoms with Crippen LogP contribution in [-0.4, -0.2) is 24.6 Å². The van der Waals surface area contributed by atoms with Crippen LogP contribution in [0.4, 0.5) is 5.69 Å². The van der Waals surface area contributed by atoms with Crippen LogP contribution in [0, 0.1) is 6.92 Å². The number of hydrogen-bond donors (Lipinski definition) is 2. The van der Waals surface area contributed by atoms with Gasteiger partial charge < -0.3 is 5.73 Å². The largest absolute Gasteiger partial charge is 0.397 e. The third-order valence-corrected chi connectivity index (χ3v) is 2.57. The molecule has 0 amide bonds. The zero-order valence-electron chi connectivity index (χ0n) is 9.58. The smallest absolute Gasteiger partial charge is 0.274 e. The molecule has 0 spiro atoms. The Hall–Kier alpha value is -2.70. The van der Waals surface area contributed by atoms with Crippen molar-refractivity contribution >= 4 is 11.5 Å². The average Bonchev–Trinajstić information content (AvgIpc) is 2.73. The van der Waals surface area contributed by atoms with Crippen molar-refractivity contribution in [1.29, 1.82) is 0 Å². The van der Waals surface area contributed by atoms with E-state index < -0.39 is 0 Å².